The Morgan fingerprint density at radius 1 is 0.821 bits per heavy atom. The second-order valence-corrected chi connectivity index (χ2v) is 8.79. The van der Waals surface area contributed by atoms with Gasteiger partial charge in [-0.15, -0.1) is 0 Å². The molecule has 1 atom stereocenters. The van der Waals surface area contributed by atoms with E-state index in [1.165, 1.54) is 16.7 Å². The van der Waals surface area contributed by atoms with Gasteiger partial charge in [-0.1, -0.05) is 34.9 Å². The summed E-state index contributed by atoms with van der Waals surface area (Å²) in [4.78, 5) is 12.4. The van der Waals surface area contributed by atoms with Crippen LogP contribution < -0.4 is 0 Å². The molecule has 0 fully saturated rings. The molecule has 1 unspecified atom stereocenters. The zero-order valence-corrected chi connectivity index (χ0v) is 19.9. The van der Waals surface area contributed by atoms with Crippen LogP contribution in [0.25, 0.3) is 0 Å². The minimum Gasteiger partial charge on any atom is -0.465 e. The average molecular weight is 413 g/mol. The van der Waals surface area contributed by atoms with E-state index in [9.17, 15) is 4.79 Å². The summed E-state index contributed by atoms with van der Waals surface area (Å²) in [6.07, 6.45) is 11.6. The minimum atomic E-state index is -1.28. The molecule has 0 aliphatic rings. The van der Waals surface area contributed by atoms with Crippen LogP contribution >= 0.6 is 8.38 Å². The first-order chi connectivity index (χ1) is 13.3. The maximum absolute atomic E-state index is 12.4. The average Bonchev–Trinajstić information content (AvgIpc) is 2.62. The summed E-state index contributed by atoms with van der Waals surface area (Å²) in [6, 6.07) is 0. The van der Waals surface area contributed by atoms with Gasteiger partial charge in [-0.2, -0.15) is 0 Å². The van der Waals surface area contributed by atoms with E-state index in [2.05, 4.69) is 45.9 Å². The molecule has 162 valence electrons. The summed E-state index contributed by atoms with van der Waals surface area (Å²) in [5.74, 6) is -0.227. The molecule has 0 heterocycles. The van der Waals surface area contributed by atoms with E-state index in [0.717, 1.165) is 25.7 Å². The summed E-state index contributed by atoms with van der Waals surface area (Å²) in [6.45, 7) is 15.7. The lowest BCUT2D eigenvalue weighted by molar-refractivity contribution is -0.142. The van der Waals surface area contributed by atoms with Gasteiger partial charge in [-0.05, 0) is 80.6 Å². The highest BCUT2D eigenvalue weighted by Crippen LogP contribution is 2.46. The quantitative estimate of drug-likeness (QED) is 0.163. The summed E-state index contributed by atoms with van der Waals surface area (Å²) < 4.78 is 16.7. The second-order valence-electron chi connectivity index (χ2n) is 7.08. The largest absolute Gasteiger partial charge is 0.465 e. The normalized spacial score (nSPS) is 13.6. The van der Waals surface area contributed by atoms with Gasteiger partial charge in [0.15, 0.2) is 8.38 Å². The molecular weight excluding hydrogens is 371 g/mol. The van der Waals surface area contributed by atoms with E-state index in [0.29, 0.717) is 26.2 Å². The maximum Gasteiger partial charge on any atom is 0.318 e. The van der Waals surface area contributed by atoms with Crippen molar-refractivity contribution in [2.24, 2.45) is 0 Å². The lowest BCUT2D eigenvalue weighted by Gasteiger charge is -2.23. The fourth-order valence-electron chi connectivity index (χ4n) is 2.63. The van der Waals surface area contributed by atoms with Gasteiger partial charge in [0.25, 0.3) is 0 Å². The van der Waals surface area contributed by atoms with Gasteiger partial charge in [0.2, 0.25) is 0 Å². The number of ether oxygens (including phenoxy) is 1. The molecule has 0 N–H and O–H groups in total. The molecule has 0 aliphatic carbocycles. The smallest absolute Gasteiger partial charge is 0.318 e. The fourth-order valence-corrected chi connectivity index (χ4v) is 4.10. The van der Waals surface area contributed by atoms with E-state index >= 15 is 0 Å². The topological polar surface area (TPSA) is 44.8 Å². The summed E-state index contributed by atoms with van der Waals surface area (Å²) >= 11 is 0. The van der Waals surface area contributed by atoms with Gasteiger partial charge >= 0.3 is 5.97 Å². The van der Waals surface area contributed by atoms with Crippen LogP contribution in [0.1, 0.15) is 80.6 Å². The molecule has 0 saturated heterocycles. The van der Waals surface area contributed by atoms with Crippen molar-refractivity contribution < 1.29 is 18.6 Å². The molecule has 0 amide bonds. The van der Waals surface area contributed by atoms with Crippen molar-refractivity contribution in [3.05, 3.63) is 34.9 Å². The van der Waals surface area contributed by atoms with Crippen molar-refractivity contribution in [2.75, 3.05) is 19.8 Å². The molecule has 0 aromatic carbocycles. The van der Waals surface area contributed by atoms with Crippen molar-refractivity contribution in [3.63, 3.8) is 0 Å². The highest BCUT2D eigenvalue weighted by atomic mass is 31.2. The number of allylic oxidation sites excluding steroid dienone is 6. The van der Waals surface area contributed by atoms with Crippen molar-refractivity contribution in [1.29, 1.82) is 0 Å². The third-order valence-corrected chi connectivity index (χ3v) is 6.09. The fraction of sp³-hybridized carbons (Fsp3) is 0.696. The summed E-state index contributed by atoms with van der Waals surface area (Å²) in [5.41, 5.74) is 3.73. The van der Waals surface area contributed by atoms with Gasteiger partial charge in [-0.3, -0.25) is 4.79 Å². The number of carbonyl (C=O) groups is 1. The third-order valence-electron chi connectivity index (χ3n) is 4.14. The Morgan fingerprint density at radius 2 is 1.36 bits per heavy atom. The highest BCUT2D eigenvalue weighted by Gasteiger charge is 2.31. The molecule has 4 nitrogen and oxygen atoms in total. The van der Waals surface area contributed by atoms with Crippen molar-refractivity contribution in [1.82, 2.24) is 0 Å². The zero-order valence-electron chi connectivity index (χ0n) is 19.0. The van der Waals surface area contributed by atoms with Gasteiger partial charge in [0.1, 0.15) is 5.66 Å². The van der Waals surface area contributed by atoms with Crippen LogP contribution in [-0.2, 0) is 18.6 Å². The van der Waals surface area contributed by atoms with Crippen LogP contribution in [0, 0.1) is 0 Å². The number of rotatable bonds is 15. The van der Waals surface area contributed by atoms with Crippen LogP contribution in [0.2, 0.25) is 0 Å². The molecule has 0 aromatic rings. The first-order valence-corrected chi connectivity index (χ1v) is 11.8. The Morgan fingerprint density at radius 3 is 1.86 bits per heavy atom. The number of hydrogen-bond donors (Lipinski definition) is 0. The van der Waals surface area contributed by atoms with Crippen LogP contribution in [-0.4, -0.2) is 31.4 Å². The molecule has 0 radical (unpaired) electrons. The molecule has 5 heteroatoms. The van der Waals surface area contributed by atoms with Gasteiger partial charge in [0, 0.05) is 0 Å². The standard InChI is InChI=1S/C23H41O4P/c1-8-25-23(24)22(28(26-9-2)27-10-3)18-17-21(7)16-12-15-20(6)14-11-13-19(4)5/h13,15,17,22H,8-12,14,16,18H2,1-7H3/b20-15+,21-17+. The molecular formula is C23H41O4P. The van der Waals surface area contributed by atoms with E-state index in [4.69, 9.17) is 13.8 Å². The monoisotopic (exact) mass is 412 g/mol. The Balaban J connectivity index is 4.75. The number of carbonyl (C=O) groups excluding carboxylic acids is 1. The Kier molecular flexibility index (Phi) is 16.4. The van der Waals surface area contributed by atoms with Crippen LogP contribution in [0.4, 0.5) is 0 Å². The first kappa shape index (κ1) is 27.0. The Bertz CT molecular complexity index is 513. The summed E-state index contributed by atoms with van der Waals surface area (Å²) in [5, 5.41) is 0. The lowest BCUT2D eigenvalue weighted by Crippen LogP contribution is -2.23. The van der Waals surface area contributed by atoms with Crippen molar-refractivity contribution in [2.45, 2.75) is 86.2 Å². The van der Waals surface area contributed by atoms with Gasteiger partial charge < -0.3 is 13.8 Å². The van der Waals surface area contributed by atoms with Crippen LogP contribution in [0.15, 0.2) is 34.9 Å². The predicted octanol–water partition coefficient (Wildman–Crippen LogP) is 7.11. The van der Waals surface area contributed by atoms with E-state index in [-0.39, 0.29) is 11.6 Å². The van der Waals surface area contributed by atoms with E-state index in [1.54, 1.807) is 0 Å². The second kappa shape index (κ2) is 16.9. The molecule has 0 bridgehead atoms. The summed E-state index contributed by atoms with van der Waals surface area (Å²) in [7, 11) is -1.28. The lowest BCUT2D eigenvalue weighted by atomic mass is 10.1. The SMILES string of the molecule is CCOC(=O)C(C/C=C(\C)CC/C=C(\C)CCC=C(C)C)P(OCC)OCC. The maximum atomic E-state index is 12.4. The third kappa shape index (κ3) is 13.3. The molecule has 0 saturated carbocycles. The molecule has 0 rings (SSSR count). The van der Waals surface area contributed by atoms with Crippen molar-refractivity contribution in [3.8, 4) is 0 Å². The van der Waals surface area contributed by atoms with E-state index in [1.807, 2.05) is 20.8 Å². The van der Waals surface area contributed by atoms with Gasteiger partial charge in [0.05, 0.1) is 19.8 Å². The van der Waals surface area contributed by atoms with E-state index < -0.39 is 8.38 Å². The Hall–Kier alpha value is -0.960. The molecule has 0 aromatic heterocycles. The van der Waals surface area contributed by atoms with Crippen molar-refractivity contribution >= 4 is 14.3 Å². The Labute approximate surface area is 174 Å². The predicted molar refractivity (Wildman–Crippen MR) is 121 cm³/mol. The first-order valence-electron chi connectivity index (χ1n) is 10.5. The molecule has 0 spiro atoms. The van der Waals surface area contributed by atoms with Crippen LogP contribution in [0.5, 0.6) is 0 Å². The molecule has 0 aliphatic heterocycles. The number of hydrogen-bond acceptors (Lipinski definition) is 4. The molecule has 28 heavy (non-hydrogen) atoms. The van der Waals surface area contributed by atoms with Gasteiger partial charge in [-0.25, -0.2) is 0 Å². The minimum absolute atomic E-state index is 0.227. The zero-order chi connectivity index (χ0) is 21.4. The van der Waals surface area contributed by atoms with Crippen LogP contribution in [0.3, 0.4) is 0 Å². The highest BCUT2D eigenvalue weighted by molar-refractivity contribution is 7.49. The number of esters is 1.